The average molecular weight is 498 g/mol. The van der Waals surface area contributed by atoms with Gasteiger partial charge in [0.05, 0.1) is 0 Å². The van der Waals surface area contributed by atoms with Crippen molar-refractivity contribution in [2.24, 2.45) is 0 Å². The maximum Gasteiger partial charge on any atom is 0.301 e. The second-order valence-corrected chi connectivity index (χ2v) is 9.11. The van der Waals surface area contributed by atoms with Crippen molar-refractivity contribution in [2.45, 2.75) is 24.7 Å². The van der Waals surface area contributed by atoms with E-state index in [1.807, 2.05) is 52.1 Å². The fraction of sp³-hybridized carbons (Fsp3) is 1.00. The summed E-state index contributed by atoms with van der Waals surface area (Å²) in [5.41, 5.74) is 0. The Morgan fingerprint density at radius 3 is 1.73 bits per heavy atom. The third kappa shape index (κ3) is 3.37. The van der Waals surface area contributed by atoms with E-state index in [9.17, 15) is 0 Å². The fourth-order valence-electron chi connectivity index (χ4n) is 0.466. The van der Waals surface area contributed by atoms with Crippen LogP contribution in [0.5, 0.6) is 0 Å². The van der Waals surface area contributed by atoms with Crippen LogP contribution in [0.1, 0.15) is 13.3 Å². The summed E-state index contributed by atoms with van der Waals surface area (Å²) in [6.07, 6.45) is 0.774. The van der Waals surface area contributed by atoms with Crippen molar-refractivity contribution in [2.75, 3.05) is 0 Å². The van der Waals surface area contributed by atoms with Crippen LogP contribution in [-0.4, -0.2) is 26.6 Å². The van der Waals surface area contributed by atoms with Gasteiger partial charge in [0.1, 0.15) is 0 Å². The molecule has 0 fully saturated rings. The molecule has 3 nitrogen and oxygen atoms in total. The molecule has 0 heterocycles. The fourth-order valence-corrected chi connectivity index (χ4v) is 1.77. The van der Waals surface area contributed by atoms with Crippen molar-refractivity contribution in [1.29, 1.82) is 0 Å². The molecule has 68 valence electrons. The minimum atomic E-state index is -2.62. The highest BCUT2D eigenvalue weighted by molar-refractivity contribution is 14.2. The van der Waals surface area contributed by atoms with Crippen LogP contribution < -0.4 is 0 Å². The molecular weight excluding hydrogens is 489 g/mol. The second-order valence-electron chi connectivity index (χ2n) is 2.13. The zero-order valence-electron chi connectivity index (χ0n) is 5.76. The first-order valence-electron chi connectivity index (χ1n) is 2.92. The lowest BCUT2D eigenvalue weighted by Gasteiger charge is -2.33. The van der Waals surface area contributed by atoms with Gasteiger partial charge in [0.2, 0.25) is 0 Å². The van der Waals surface area contributed by atoms with E-state index >= 15 is 0 Å². The molecule has 0 bridgehead atoms. The smallest absolute Gasteiger partial charge is 0.301 e. The van der Waals surface area contributed by atoms with Crippen LogP contribution >= 0.6 is 67.8 Å². The molecule has 0 saturated heterocycles. The zero-order valence-corrected chi connectivity index (χ0v) is 12.2. The van der Waals surface area contributed by atoms with Gasteiger partial charge in [0, 0.05) is 3.92 Å². The van der Waals surface area contributed by atoms with Crippen LogP contribution in [0, 0.1) is 0 Å². The highest BCUT2D eigenvalue weighted by Gasteiger charge is 2.49. The quantitative estimate of drug-likeness (QED) is 0.314. The molecule has 0 aromatic carbocycles. The summed E-state index contributed by atoms with van der Waals surface area (Å²) in [5, 5.41) is 26.8. The van der Waals surface area contributed by atoms with E-state index in [1.165, 1.54) is 0 Å². The third-order valence-electron chi connectivity index (χ3n) is 1.20. The highest BCUT2D eigenvalue weighted by atomic mass is 127. The van der Waals surface area contributed by atoms with E-state index in [4.69, 9.17) is 15.3 Å². The number of halogens is 3. The Morgan fingerprint density at radius 1 is 1.27 bits per heavy atom. The van der Waals surface area contributed by atoms with E-state index in [0.29, 0.717) is 0 Å². The standard InChI is InChI=1S/C5H9I3O3/c1-2-3(6)4(7,8)5(9,10)11/h3,9-11H,2H2,1H3. The zero-order chi connectivity index (χ0) is 9.28. The van der Waals surface area contributed by atoms with Crippen molar-refractivity contribution in [3.8, 4) is 0 Å². The largest absolute Gasteiger partial charge is 0.342 e. The Labute approximate surface area is 106 Å². The summed E-state index contributed by atoms with van der Waals surface area (Å²) in [6.45, 7) is 1.93. The number of rotatable bonds is 3. The lowest BCUT2D eigenvalue weighted by Crippen LogP contribution is -2.50. The van der Waals surface area contributed by atoms with Gasteiger partial charge < -0.3 is 15.3 Å². The van der Waals surface area contributed by atoms with Gasteiger partial charge in [-0.05, 0) is 6.42 Å². The van der Waals surface area contributed by atoms with Gasteiger partial charge in [-0.15, -0.1) is 0 Å². The van der Waals surface area contributed by atoms with Gasteiger partial charge >= 0.3 is 5.97 Å². The predicted molar refractivity (Wildman–Crippen MR) is 68.3 cm³/mol. The molecule has 11 heavy (non-hydrogen) atoms. The minimum absolute atomic E-state index is 0.00120. The van der Waals surface area contributed by atoms with Crippen molar-refractivity contribution < 1.29 is 15.3 Å². The van der Waals surface area contributed by atoms with Gasteiger partial charge in [0.25, 0.3) is 0 Å². The van der Waals surface area contributed by atoms with E-state index in [2.05, 4.69) is 22.6 Å². The SMILES string of the molecule is CCC(I)C(I)(I)C(O)(O)O. The monoisotopic (exact) mass is 498 g/mol. The molecule has 6 heteroatoms. The Hall–Kier alpha value is 2.07. The van der Waals surface area contributed by atoms with Crippen molar-refractivity contribution in [1.82, 2.24) is 0 Å². The molecule has 0 radical (unpaired) electrons. The lowest BCUT2D eigenvalue weighted by atomic mass is 10.2. The van der Waals surface area contributed by atoms with Crippen molar-refractivity contribution in [3.05, 3.63) is 0 Å². The van der Waals surface area contributed by atoms with E-state index in [0.717, 1.165) is 6.42 Å². The molecule has 0 aliphatic heterocycles. The number of aliphatic hydroxyl groups is 3. The normalized spacial score (nSPS) is 16.6. The topological polar surface area (TPSA) is 60.7 Å². The van der Waals surface area contributed by atoms with Crippen LogP contribution in [0.25, 0.3) is 0 Å². The summed E-state index contributed by atoms with van der Waals surface area (Å²) in [6, 6.07) is 0. The third-order valence-corrected chi connectivity index (χ3v) is 8.35. The van der Waals surface area contributed by atoms with E-state index in [1.54, 1.807) is 0 Å². The minimum Gasteiger partial charge on any atom is -0.342 e. The molecule has 0 saturated carbocycles. The molecule has 0 aliphatic carbocycles. The first kappa shape index (κ1) is 13.1. The van der Waals surface area contributed by atoms with Crippen molar-refractivity contribution in [3.63, 3.8) is 0 Å². The maximum atomic E-state index is 8.94. The van der Waals surface area contributed by atoms with Crippen LogP contribution in [0.15, 0.2) is 0 Å². The van der Waals surface area contributed by atoms with E-state index in [-0.39, 0.29) is 3.92 Å². The molecule has 0 aromatic heterocycles. The van der Waals surface area contributed by atoms with Crippen LogP contribution in [0.4, 0.5) is 0 Å². The molecule has 1 atom stereocenters. The lowest BCUT2D eigenvalue weighted by molar-refractivity contribution is -0.309. The second kappa shape index (κ2) is 4.53. The molecule has 0 amide bonds. The predicted octanol–water partition coefficient (Wildman–Crippen LogP) is 1.40. The molecule has 0 aliphatic rings. The van der Waals surface area contributed by atoms with Crippen LogP contribution in [0.3, 0.4) is 0 Å². The summed E-state index contributed by atoms with van der Waals surface area (Å²) in [7, 11) is 0. The molecular formula is C5H9I3O3. The molecule has 0 rings (SSSR count). The van der Waals surface area contributed by atoms with Gasteiger partial charge in [-0.25, -0.2) is 0 Å². The average Bonchev–Trinajstić information content (AvgIpc) is 1.83. The van der Waals surface area contributed by atoms with Crippen molar-refractivity contribution >= 4 is 67.8 Å². The van der Waals surface area contributed by atoms with Crippen LogP contribution in [0.2, 0.25) is 0 Å². The first-order valence-corrected chi connectivity index (χ1v) is 6.32. The number of hydrogen-bond donors (Lipinski definition) is 3. The Balaban J connectivity index is 4.45. The summed E-state index contributed by atoms with van der Waals surface area (Å²) < 4.78 is -0.959. The first-order chi connectivity index (χ1) is 4.73. The molecule has 0 aromatic rings. The Bertz CT molecular complexity index is 131. The molecule has 0 spiro atoms. The van der Waals surface area contributed by atoms with Gasteiger partial charge in [-0.3, -0.25) is 0 Å². The summed E-state index contributed by atoms with van der Waals surface area (Å²) in [4.78, 5) is 0. The van der Waals surface area contributed by atoms with Gasteiger partial charge in [0.15, 0.2) is 1.43 Å². The summed E-state index contributed by atoms with van der Waals surface area (Å²) in [5.74, 6) is -2.62. The number of hydrogen-bond acceptors (Lipinski definition) is 3. The highest BCUT2D eigenvalue weighted by Crippen LogP contribution is 2.44. The van der Waals surface area contributed by atoms with E-state index < -0.39 is 7.40 Å². The van der Waals surface area contributed by atoms with Crippen LogP contribution in [-0.2, 0) is 0 Å². The number of alkyl halides is 3. The summed E-state index contributed by atoms with van der Waals surface area (Å²) >= 11 is 5.75. The van der Waals surface area contributed by atoms with Gasteiger partial charge in [-0.1, -0.05) is 74.7 Å². The molecule has 3 N–H and O–H groups in total. The Morgan fingerprint density at radius 2 is 1.64 bits per heavy atom. The van der Waals surface area contributed by atoms with Gasteiger partial charge in [-0.2, -0.15) is 0 Å². The molecule has 1 unspecified atom stereocenters. The Kier molecular flexibility index (Phi) is 5.38. The maximum absolute atomic E-state index is 8.94.